The van der Waals surface area contributed by atoms with Gasteiger partial charge in [-0.15, -0.1) is 0 Å². The van der Waals surface area contributed by atoms with Crippen LogP contribution in [0.5, 0.6) is 11.5 Å². The summed E-state index contributed by atoms with van der Waals surface area (Å²) in [5.41, 5.74) is 3.42. The van der Waals surface area contributed by atoms with E-state index < -0.39 is 0 Å². The molecular weight excluding hydrogens is 396 g/mol. The smallest absolute Gasteiger partial charge is 0.119 e. The van der Waals surface area contributed by atoms with Gasteiger partial charge in [-0.1, -0.05) is 54.6 Å². The van der Waals surface area contributed by atoms with Gasteiger partial charge in [0.2, 0.25) is 0 Å². The Kier molecular flexibility index (Phi) is 5.75. The van der Waals surface area contributed by atoms with E-state index in [0.717, 1.165) is 42.2 Å². The summed E-state index contributed by atoms with van der Waals surface area (Å²) in [6.07, 6.45) is 1.69. The number of aryl methyl sites for hydroxylation is 1. The van der Waals surface area contributed by atoms with Crippen LogP contribution in [0.4, 0.5) is 0 Å². The van der Waals surface area contributed by atoms with E-state index in [1.165, 1.54) is 21.9 Å². The highest BCUT2D eigenvalue weighted by molar-refractivity contribution is 5.83. The monoisotopic (exact) mass is 422 g/mol. The van der Waals surface area contributed by atoms with Crippen molar-refractivity contribution in [2.75, 3.05) is 13.7 Å². The third kappa shape index (κ3) is 4.30. The summed E-state index contributed by atoms with van der Waals surface area (Å²) < 4.78 is 13.7. The molecule has 0 fully saturated rings. The van der Waals surface area contributed by atoms with Crippen LogP contribution in [0, 0.1) is 0 Å². The first-order valence-electron chi connectivity index (χ1n) is 11.0. The van der Waals surface area contributed by atoms with Crippen LogP contribution in [0.2, 0.25) is 0 Å². The van der Waals surface area contributed by atoms with Crippen molar-refractivity contribution >= 4 is 21.8 Å². The van der Waals surface area contributed by atoms with Crippen molar-refractivity contribution in [2.45, 2.75) is 19.4 Å². The van der Waals surface area contributed by atoms with Gasteiger partial charge in [-0.05, 0) is 59.2 Å². The molecule has 160 valence electrons. The molecule has 4 aromatic carbocycles. The Hall–Kier alpha value is -3.79. The Morgan fingerprint density at radius 2 is 1.53 bits per heavy atom. The molecule has 4 nitrogen and oxygen atoms in total. The summed E-state index contributed by atoms with van der Waals surface area (Å²) >= 11 is 0. The minimum Gasteiger partial charge on any atom is -0.497 e. The summed E-state index contributed by atoms with van der Waals surface area (Å²) in [4.78, 5) is 4.91. The van der Waals surface area contributed by atoms with E-state index >= 15 is 0 Å². The molecule has 0 aliphatic rings. The second-order valence-electron chi connectivity index (χ2n) is 7.90. The number of hydrogen-bond donors (Lipinski definition) is 0. The number of nitrogens with zero attached hydrogens (tertiary/aromatic N) is 2. The molecule has 0 aliphatic heterocycles. The van der Waals surface area contributed by atoms with Gasteiger partial charge in [-0.2, -0.15) is 0 Å². The van der Waals surface area contributed by atoms with Crippen molar-refractivity contribution in [3.8, 4) is 11.5 Å². The van der Waals surface area contributed by atoms with Crippen LogP contribution in [0.25, 0.3) is 21.8 Å². The molecular formula is C28H26N2O2. The average molecular weight is 423 g/mol. The SMILES string of the molecule is COc1ccc(Cc2nc3ccccc3n2CCCOc2ccc3ccccc3c2)cc1. The predicted molar refractivity (Wildman–Crippen MR) is 130 cm³/mol. The van der Waals surface area contributed by atoms with Crippen LogP contribution in [0.15, 0.2) is 91.0 Å². The molecule has 0 N–H and O–H groups in total. The summed E-state index contributed by atoms with van der Waals surface area (Å²) in [7, 11) is 1.69. The summed E-state index contributed by atoms with van der Waals surface area (Å²) in [6, 6.07) is 31.2. The molecule has 1 aromatic heterocycles. The highest BCUT2D eigenvalue weighted by Crippen LogP contribution is 2.22. The lowest BCUT2D eigenvalue weighted by Crippen LogP contribution is -2.08. The Morgan fingerprint density at radius 3 is 2.38 bits per heavy atom. The first-order valence-corrected chi connectivity index (χ1v) is 11.0. The number of imidazole rings is 1. The average Bonchev–Trinajstić information content (AvgIpc) is 3.19. The Bertz CT molecular complexity index is 1340. The highest BCUT2D eigenvalue weighted by Gasteiger charge is 2.11. The van der Waals surface area contributed by atoms with E-state index in [2.05, 4.69) is 71.3 Å². The van der Waals surface area contributed by atoms with Gasteiger partial charge in [0.25, 0.3) is 0 Å². The van der Waals surface area contributed by atoms with E-state index in [-0.39, 0.29) is 0 Å². The van der Waals surface area contributed by atoms with Crippen molar-refractivity contribution in [1.29, 1.82) is 0 Å². The van der Waals surface area contributed by atoms with Crippen molar-refractivity contribution in [1.82, 2.24) is 9.55 Å². The van der Waals surface area contributed by atoms with Gasteiger partial charge in [-0.25, -0.2) is 4.98 Å². The second kappa shape index (κ2) is 9.15. The van der Waals surface area contributed by atoms with Crippen molar-refractivity contribution in [3.63, 3.8) is 0 Å². The molecule has 5 aromatic rings. The molecule has 5 rings (SSSR count). The van der Waals surface area contributed by atoms with Gasteiger partial charge in [0.15, 0.2) is 0 Å². The molecule has 0 saturated heterocycles. The molecule has 4 heteroatoms. The molecule has 0 atom stereocenters. The van der Waals surface area contributed by atoms with Gasteiger partial charge in [0, 0.05) is 13.0 Å². The lowest BCUT2D eigenvalue weighted by atomic mass is 10.1. The van der Waals surface area contributed by atoms with Gasteiger partial charge >= 0.3 is 0 Å². The van der Waals surface area contributed by atoms with Crippen molar-refractivity contribution < 1.29 is 9.47 Å². The third-order valence-electron chi connectivity index (χ3n) is 5.77. The molecule has 0 radical (unpaired) electrons. The van der Waals surface area contributed by atoms with Crippen molar-refractivity contribution in [2.24, 2.45) is 0 Å². The normalized spacial score (nSPS) is 11.2. The Morgan fingerprint density at radius 1 is 0.781 bits per heavy atom. The van der Waals surface area contributed by atoms with E-state index in [9.17, 15) is 0 Å². The maximum Gasteiger partial charge on any atom is 0.119 e. The molecule has 0 bridgehead atoms. The maximum atomic E-state index is 6.06. The van der Waals surface area contributed by atoms with Gasteiger partial charge in [0.1, 0.15) is 17.3 Å². The lowest BCUT2D eigenvalue weighted by molar-refractivity contribution is 0.302. The number of rotatable bonds is 8. The number of fused-ring (bicyclic) bond motifs is 2. The van der Waals surface area contributed by atoms with E-state index in [0.29, 0.717) is 6.61 Å². The molecule has 1 heterocycles. The first-order chi connectivity index (χ1) is 15.8. The van der Waals surface area contributed by atoms with Gasteiger partial charge < -0.3 is 14.0 Å². The van der Waals surface area contributed by atoms with E-state index in [1.54, 1.807) is 7.11 Å². The minimum absolute atomic E-state index is 0.660. The number of hydrogen-bond acceptors (Lipinski definition) is 3. The predicted octanol–water partition coefficient (Wildman–Crippen LogP) is 6.26. The fourth-order valence-electron chi connectivity index (χ4n) is 4.11. The van der Waals surface area contributed by atoms with Crippen LogP contribution < -0.4 is 9.47 Å². The van der Waals surface area contributed by atoms with Crippen LogP contribution in [0.3, 0.4) is 0 Å². The van der Waals surface area contributed by atoms with Gasteiger partial charge in [-0.3, -0.25) is 0 Å². The topological polar surface area (TPSA) is 36.3 Å². The summed E-state index contributed by atoms with van der Waals surface area (Å²) in [5.74, 6) is 2.85. The largest absolute Gasteiger partial charge is 0.497 e. The fraction of sp³-hybridized carbons (Fsp3) is 0.179. The third-order valence-corrected chi connectivity index (χ3v) is 5.77. The number of aromatic nitrogens is 2. The van der Waals surface area contributed by atoms with E-state index in [1.807, 2.05) is 24.3 Å². The first kappa shape index (κ1) is 20.1. The van der Waals surface area contributed by atoms with Crippen LogP contribution in [-0.4, -0.2) is 23.3 Å². The Labute approximate surface area is 188 Å². The zero-order chi connectivity index (χ0) is 21.8. The van der Waals surface area contributed by atoms with Crippen LogP contribution >= 0.6 is 0 Å². The number of para-hydroxylation sites is 2. The molecule has 32 heavy (non-hydrogen) atoms. The standard InChI is InChI=1S/C28H26N2O2/c1-31-24-14-11-21(12-15-24)19-28-29-26-9-4-5-10-27(26)30(28)17-6-18-32-25-16-13-22-7-2-3-8-23(22)20-25/h2-5,7-16,20H,6,17-19H2,1H3. The molecule has 0 saturated carbocycles. The quantitative estimate of drug-likeness (QED) is 0.277. The fourth-order valence-corrected chi connectivity index (χ4v) is 4.11. The van der Waals surface area contributed by atoms with Crippen LogP contribution in [-0.2, 0) is 13.0 Å². The zero-order valence-corrected chi connectivity index (χ0v) is 18.2. The van der Waals surface area contributed by atoms with Crippen LogP contribution in [0.1, 0.15) is 17.8 Å². The highest BCUT2D eigenvalue weighted by atomic mass is 16.5. The molecule has 0 spiro atoms. The lowest BCUT2D eigenvalue weighted by Gasteiger charge is -2.11. The summed E-state index contributed by atoms with van der Waals surface area (Å²) in [6.45, 7) is 1.52. The maximum absolute atomic E-state index is 6.06. The zero-order valence-electron chi connectivity index (χ0n) is 18.2. The van der Waals surface area contributed by atoms with Gasteiger partial charge in [0.05, 0.1) is 24.8 Å². The molecule has 0 unspecified atom stereocenters. The second-order valence-corrected chi connectivity index (χ2v) is 7.90. The number of benzene rings is 4. The number of ether oxygens (including phenoxy) is 2. The number of methoxy groups -OCH3 is 1. The molecule has 0 aliphatic carbocycles. The summed E-state index contributed by atoms with van der Waals surface area (Å²) in [5, 5.41) is 2.43. The minimum atomic E-state index is 0.660. The Balaban J connectivity index is 1.29. The van der Waals surface area contributed by atoms with Crippen molar-refractivity contribution in [3.05, 3.63) is 102 Å². The van der Waals surface area contributed by atoms with E-state index in [4.69, 9.17) is 14.5 Å². The molecule has 0 amide bonds.